The number of carbonyl (C=O) groups is 1. The molecule has 0 aliphatic carbocycles. The van der Waals surface area contributed by atoms with Crippen LogP contribution in [0, 0.1) is 6.92 Å². The van der Waals surface area contributed by atoms with Crippen molar-refractivity contribution < 1.29 is 4.79 Å². The number of benzene rings is 2. The summed E-state index contributed by atoms with van der Waals surface area (Å²) < 4.78 is 0. The number of carbonyl (C=O) groups excluding carboxylic acids is 1. The molecule has 1 amide bonds. The molecule has 1 heterocycles. The van der Waals surface area contributed by atoms with E-state index in [2.05, 4.69) is 39.4 Å². The van der Waals surface area contributed by atoms with Gasteiger partial charge in [0.05, 0.1) is 0 Å². The van der Waals surface area contributed by atoms with Gasteiger partial charge in [-0.1, -0.05) is 36.4 Å². The molecule has 0 saturated carbocycles. The van der Waals surface area contributed by atoms with Crippen molar-refractivity contribution in [3.8, 4) is 0 Å². The van der Waals surface area contributed by atoms with Gasteiger partial charge in [-0.3, -0.25) is 10.1 Å². The smallest absolute Gasteiger partial charge is 0.257 e. The van der Waals surface area contributed by atoms with E-state index in [-0.39, 0.29) is 5.91 Å². The average Bonchev–Trinajstić information content (AvgIpc) is 2.63. The highest BCUT2D eigenvalue weighted by Gasteiger charge is 2.20. The fraction of sp³-hybridized carbons (Fsp3) is 0.263. The Morgan fingerprint density at radius 3 is 2.25 bits per heavy atom. The molecule has 1 fully saturated rings. The van der Waals surface area contributed by atoms with E-state index in [1.807, 2.05) is 37.3 Å². The van der Waals surface area contributed by atoms with Crippen molar-refractivity contribution in [1.29, 1.82) is 0 Å². The molecule has 5 heteroatoms. The minimum Gasteiger partial charge on any atom is -0.368 e. The first-order valence-electron chi connectivity index (χ1n) is 8.11. The minimum atomic E-state index is -0.136. The fourth-order valence-electron chi connectivity index (χ4n) is 2.88. The predicted molar refractivity (Wildman–Crippen MR) is 101 cm³/mol. The van der Waals surface area contributed by atoms with Gasteiger partial charge in [-0.2, -0.15) is 0 Å². The maximum absolute atomic E-state index is 12.4. The molecule has 2 aromatic carbocycles. The van der Waals surface area contributed by atoms with Crippen molar-refractivity contribution in [2.75, 3.05) is 31.1 Å². The first kappa shape index (κ1) is 16.5. The van der Waals surface area contributed by atoms with Gasteiger partial charge in [0.25, 0.3) is 5.91 Å². The molecule has 2 aromatic rings. The second-order valence-electron chi connectivity index (χ2n) is 5.88. The third-order valence-electron chi connectivity index (χ3n) is 4.30. The number of nitrogens with one attached hydrogen (secondary N) is 1. The van der Waals surface area contributed by atoms with Crippen LogP contribution in [0.5, 0.6) is 0 Å². The van der Waals surface area contributed by atoms with Crippen LogP contribution in [-0.2, 0) is 0 Å². The molecule has 0 unspecified atom stereocenters. The molecule has 0 atom stereocenters. The molecule has 1 saturated heterocycles. The van der Waals surface area contributed by atoms with Crippen LogP contribution in [-0.4, -0.2) is 42.1 Å². The number of anilines is 1. The van der Waals surface area contributed by atoms with E-state index in [1.54, 1.807) is 0 Å². The number of thiocarbonyl (C=S) groups is 1. The van der Waals surface area contributed by atoms with Crippen molar-refractivity contribution in [2.24, 2.45) is 0 Å². The second kappa shape index (κ2) is 7.45. The number of hydrogen-bond donors (Lipinski definition) is 1. The van der Waals surface area contributed by atoms with Crippen molar-refractivity contribution in [3.63, 3.8) is 0 Å². The standard InChI is InChI=1S/C19H21N3OS/c1-15-7-5-6-10-17(15)18(23)20-19(24)22-13-11-21(12-14-22)16-8-3-2-4-9-16/h2-10H,11-14H2,1H3,(H,20,23,24). The lowest BCUT2D eigenvalue weighted by molar-refractivity contribution is 0.0972. The van der Waals surface area contributed by atoms with Crippen molar-refractivity contribution >= 4 is 28.9 Å². The van der Waals surface area contributed by atoms with E-state index in [0.717, 1.165) is 31.7 Å². The molecule has 24 heavy (non-hydrogen) atoms. The zero-order valence-electron chi connectivity index (χ0n) is 13.7. The summed E-state index contributed by atoms with van der Waals surface area (Å²) in [4.78, 5) is 16.8. The summed E-state index contributed by atoms with van der Waals surface area (Å²) >= 11 is 5.42. The minimum absolute atomic E-state index is 0.136. The Morgan fingerprint density at radius 1 is 0.958 bits per heavy atom. The largest absolute Gasteiger partial charge is 0.368 e. The highest BCUT2D eigenvalue weighted by molar-refractivity contribution is 7.80. The first-order chi connectivity index (χ1) is 11.6. The zero-order valence-corrected chi connectivity index (χ0v) is 14.6. The third kappa shape index (κ3) is 3.74. The van der Waals surface area contributed by atoms with Crippen LogP contribution < -0.4 is 10.2 Å². The molecule has 1 aliphatic rings. The Bertz CT molecular complexity index is 724. The van der Waals surface area contributed by atoms with E-state index >= 15 is 0 Å². The molecule has 3 rings (SSSR count). The van der Waals surface area contributed by atoms with Gasteiger partial charge in [0, 0.05) is 37.4 Å². The summed E-state index contributed by atoms with van der Waals surface area (Å²) in [6.07, 6.45) is 0. The van der Waals surface area contributed by atoms with E-state index < -0.39 is 0 Å². The molecule has 0 bridgehead atoms. The van der Waals surface area contributed by atoms with E-state index in [0.29, 0.717) is 10.7 Å². The average molecular weight is 339 g/mol. The molecule has 4 nitrogen and oxygen atoms in total. The van der Waals surface area contributed by atoms with E-state index in [4.69, 9.17) is 12.2 Å². The highest BCUT2D eigenvalue weighted by Crippen LogP contribution is 2.15. The van der Waals surface area contributed by atoms with E-state index in [9.17, 15) is 4.79 Å². The summed E-state index contributed by atoms with van der Waals surface area (Å²) in [6.45, 7) is 5.33. The quantitative estimate of drug-likeness (QED) is 0.854. The summed E-state index contributed by atoms with van der Waals surface area (Å²) in [5.74, 6) is -0.136. The van der Waals surface area contributed by atoms with Gasteiger partial charge in [0.15, 0.2) is 5.11 Å². The normalized spacial score (nSPS) is 14.4. The maximum atomic E-state index is 12.4. The summed E-state index contributed by atoms with van der Waals surface area (Å²) in [6, 6.07) is 17.9. The van der Waals surface area contributed by atoms with Gasteiger partial charge in [-0.15, -0.1) is 0 Å². The lowest BCUT2D eigenvalue weighted by atomic mass is 10.1. The Hall–Kier alpha value is -2.40. The lowest BCUT2D eigenvalue weighted by Gasteiger charge is -2.37. The number of piperazine rings is 1. The van der Waals surface area contributed by atoms with Crippen LogP contribution in [0.4, 0.5) is 5.69 Å². The Balaban J connectivity index is 1.56. The van der Waals surface area contributed by atoms with Gasteiger partial charge in [-0.25, -0.2) is 0 Å². The zero-order chi connectivity index (χ0) is 16.9. The summed E-state index contributed by atoms with van der Waals surface area (Å²) in [5, 5.41) is 3.37. The number of para-hydroxylation sites is 1. The highest BCUT2D eigenvalue weighted by atomic mass is 32.1. The van der Waals surface area contributed by atoms with Crippen LogP contribution in [0.1, 0.15) is 15.9 Å². The topological polar surface area (TPSA) is 35.6 Å². The van der Waals surface area contributed by atoms with Gasteiger partial charge in [0.2, 0.25) is 0 Å². The maximum Gasteiger partial charge on any atom is 0.257 e. The van der Waals surface area contributed by atoms with Gasteiger partial charge in [-0.05, 0) is 42.9 Å². The summed E-state index contributed by atoms with van der Waals surface area (Å²) in [5.41, 5.74) is 2.85. The Labute approximate surface area is 148 Å². The van der Waals surface area contributed by atoms with Gasteiger partial charge < -0.3 is 9.80 Å². The number of aryl methyl sites for hydroxylation is 1. The van der Waals surface area contributed by atoms with E-state index in [1.165, 1.54) is 5.69 Å². The molecular formula is C19H21N3OS. The van der Waals surface area contributed by atoms with Crippen LogP contribution in [0.2, 0.25) is 0 Å². The predicted octanol–water partition coefficient (Wildman–Crippen LogP) is 2.83. The van der Waals surface area contributed by atoms with Gasteiger partial charge >= 0.3 is 0 Å². The van der Waals surface area contributed by atoms with Crippen molar-refractivity contribution in [2.45, 2.75) is 6.92 Å². The first-order valence-corrected chi connectivity index (χ1v) is 8.52. The second-order valence-corrected chi connectivity index (χ2v) is 6.27. The van der Waals surface area contributed by atoms with Crippen molar-refractivity contribution in [1.82, 2.24) is 10.2 Å². The molecule has 0 spiro atoms. The number of hydrogen-bond acceptors (Lipinski definition) is 3. The Kier molecular flexibility index (Phi) is 5.11. The molecule has 1 N–H and O–H groups in total. The van der Waals surface area contributed by atoms with Crippen LogP contribution in [0.25, 0.3) is 0 Å². The van der Waals surface area contributed by atoms with Crippen LogP contribution in [0.15, 0.2) is 54.6 Å². The number of rotatable bonds is 2. The van der Waals surface area contributed by atoms with Crippen LogP contribution >= 0.6 is 12.2 Å². The van der Waals surface area contributed by atoms with Crippen molar-refractivity contribution in [3.05, 3.63) is 65.7 Å². The molecule has 0 aromatic heterocycles. The molecule has 0 radical (unpaired) electrons. The van der Waals surface area contributed by atoms with Crippen LogP contribution in [0.3, 0.4) is 0 Å². The number of amides is 1. The SMILES string of the molecule is Cc1ccccc1C(=O)NC(=S)N1CCN(c2ccccc2)CC1. The molecule has 1 aliphatic heterocycles. The molecule has 124 valence electrons. The third-order valence-corrected chi connectivity index (χ3v) is 4.66. The molecular weight excluding hydrogens is 318 g/mol. The van der Waals surface area contributed by atoms with Gasteiger partial charge in [0.1, 0.15) is 0 Å². The lowest BCUT2D eigenvalue weighted by Crippen LogP contribution is -2.52. The fourth-order valence-corrected chi connectivity index (χ4v) is 3.15. The summed E-state index contributed by atoms with van der Waals surface area (Å²) in [7, 11) is 0. The number of nitrogens with zero attached hydrogens (tertiary/aromatic N) is 2. The monoisotopic (exact) mass is 339 g/mol. The Morgan fingerprint density at radius 2 is 1.58 bits per heavy atom.